The molecule has 0 bridgehead atoms. The van der Waals surface area contributed by atoms with E-state index in [0.717, 1.165) is 42.1 Å². The molecule has 0 aliphatic heterocycles. The van der Waals surface area contributed by atoms with E-state index in [1.807, 2.05) is 0 Å². The van der Waals surface area contributed by atoms with Gasteiger partial charge in [-0.2, -0.15) is 0 Å². The first-order chi connectivity index (χ1) is 11.6. The van der Waals surface area contributed by atoms with Crippen LogP contribution in [-0.2, 0) is 11.3 Å². The normalized spacial score (nSPS) is 40.6. The largest absolute Gasteiger partial charge is 0.373 e. The molecule has 4 aliphatic rings. The Kier molecular flexibility index (Phi) is 2.84. The van der Waals surface area contributed by atoms with Crippen LogP contribution in [0.4, 0.5) is 11.4 Å². The number of non-ortho nitro benzene ring substituents is 1. The Morgan fingerprint density at radius 2 is 1.79 bits per heavy atom. The van der Waals surface area contributed by atoms with Crippen molar-refractivity contribution in [2.45, 2.75) is 32.0 Å². The molecule has 0 spiro atoms. The molecule has 0 saturated heterocycles. The van der Waals surface area contributed by atoms with Crippen molar-refractivity contribution in [2.75, 3.05) is 0 Å². The molecule has 7 heteroatoms. The van der Waals surface area contributed by atoms with Gasteiger partial charge in [0.2, 0.25) is 0 Å². The maximum atomic E-state index is 11.2. The summed E-state index contributed by atoms with van der Waals surface area (Å²) in [5.74, 6) is 4.99. The predicted molar refractivity (Wildman–Crippen MR) is 83.1 cm³/mol. The molecular weight excluding hydrogens is 312 g/mol. The third-order valence-electron chi connectivity index (χ3n) is 7.11. The van der Waals surface area contributed by atoms with E-state index in [1.165, 1.54) is 25.0 Å². The molecule has 4 fully saturated rings. The number of hydrogen-bond donors (Lipinski definition) is 0. The third kappa shape index (κ3) is 1.70. The second kappa shape index (κ2) is 4.75. The van der Waals surface area contributed by atoms with E-state index in [1.54, 1.807) is 0 Å². The van der Waals surface area contributed by atoms with Crippen LogP contribution in [0.1, 0.15) is 24.8 Å². The fourth-order valence-electron chi connectivity index (χ4n) is 6.33. The molecule has 0 aromatic heterocycles. The zero-order chi connectivity index (χ0) is 16.6. The lowest BCUT2D eigenvalue weighted by Crippen LogP contribution is -2.57. The maximum absolute atomic E-state index is 11.2. The Bertz CT molecular complexity index is 740. The minimum Gasteiger partial charge on any atom is -0.373 e. The number of fused-ring (bicyclic) bond motifs is 2. The van der Waals surface area contributed by atoms with Crippen LogP contribution in [0.2, 0.25) is 0 Å². The van der Waals surface area contributed by atoms with Gasteiger partial charge in [0.05, 0.1) is 34.2 Å². The highest BCUT2D eigenvalue weighted by Crippen LogP contribution is 2.77. The first-order valence-electron chi connectivity index (χ1n) is 8.59. The molecule has 0 amide bonds. The van der Waals surface area contributed by atoms with Crippen molar-refractivity contribution in [3.05, 3.63) is 44.0 Å². The molecule has 7 nitrogen and oxygen atoms in total. The highest BCUT2D eigenvalue weighted by molar-refractivity contribution is 5.48. The number of nitro benzene ring substituents is 2. The van der Waals surface area contributed by atoms with Gasteiger partial charge >= 0.3 is 0 Å². The van der Waals surface area contributed by atoms with Crippen LogP contribution in [0, 0.1) is 55.7 Å². The number of rotatable bonds is 5. The van der Waals surface area contributed by atoms with Crippen LogP contribution in [0.15, 0.2) is 18.2 Å². The van der Waals surface area contributed by atoms with E-state index in [2.05, 4.69) is 0 Å². The summed E-state index contributed by atoms with van der Waals surface area (Å²) in [4.78, 5) is 20.8. The number of nitrogens with zero attached hydrogens (tertiary/aromatic N) is 2. The highest BCUT2D eigenvalue weighted by Gasteiger charge is 2.73. The number of hydrogen-bond acceptors (Lipinski definition) is 5. The Balaban J connectivity index is 1.32. The van der Waals surface area contributed by atoms with E-state index in [4.69, 9.17) is 4.74 Å². The van der Waals surface area contributed by atoms with Crippen molar-refractivity contribution in [1.29, 1.82) is 0 Å². The second-order valence-corrected chi connectivity index (χ2v) is 7.71. The Labute approximate surface area is 138 Å². The maximum Gasteiger partial charge on any atom is 0.281 e. The molecule has 126 valence electrons. The smallest absolute Gasteiger partial charge is 0.281 e. The summed E-state index contributed by atoms with van der Waals surface area (Å²) in [6, 6.07) is 3.79. The molecule has 0 radical (unpaired) electrons. The molecule has 7 atom stereocenters. The van der Waals surface area contributed by atoms with Crippen LogP contribution >= 0.6 is 0 Å². The lowest BCUT2D eigenvalue weighted by molar-refractivity contribution is -0.394. The minimum atomic E-state index is -0.614. The highest BCUT2D eigenvalue weighted by atomic mass is 16.6. The third-order valence-corrected chi connectivity index (χ3v) is 7.11. The first kappa shape index (κ1) is 14.3. The molecule has 5 rings (SSSR count). The first-order valence-corrected chi connectivity index (χ1v) is 8.59. The average molecular weight is 330 g/mol. The van der Waals surface area contributed by atoms with Crippen molar-refractivity contribution in [3.8, 4) is 0 Å². The van der Waals surface area contributed by atoms with Crippen LogP contribution in [0.25, 0.3) is 0 Å². The van der Waals surface area contributed by atoms with Gasteiger partial charge in [-0.05, 0) is 60.8 Å². The number of ether oxygens (including phenoxy) is 1. The molecular formula is C17H18N2O5. The number of benzene rings is 1. The van der Waals surface area contributed by atoms with Gasteiger partial charge in [-0.25, -0.2) is 0 Å². The zero-order valence-corrected chi connectivity index (χ0v) is 13.0. The summed E-state index contributed by atoms with van der Waals surface area (Å²) in [6.45, 7) is 0.164. The van der Waals surface area contributed by atoms with E-state index in [0.29, 0.717) is 11.5 Å². The predicted octanol–water partition coefficient (Wildman–Crippen LogP) is 3.31. The molecule has 0 unspecified atom stereocenters. The monoisotopic (exact) mass is 330 g/mol. The number of nitro groups is 2. The summed E-state index contributed by atoms with van der Waals surface area (Å²) in [5, 5.41) is 22.0. The topological polar surface area (TPSA) is 95.5 Å². The Hall–Kier alpha value is -2.02. The van der Waals surface area contributed by atoms with Gasteiger partial charge in [-0.15, -0.1) is 0 Å². The van der Waals surface area contributed by atoms with Gasteiger partial charge in [-0.3, -0.25) is 20.2 Å². The van der Waals surface area contributed by atoms with E-state index < -0.39 is 9.85 Å². The minimum absolute atomic E-state index is 0.164. The van der Waals surface area contributed by atoms with Gasteiger partial charge in [0.1, 0.15) is 0 Å². The van der Waals surface area contributed by atoms with Gasteiger partial charge in [-0.1, -0.05) is 0 Å². The Morgan fingerprint density at radius 1 is 1.00 bits per heavy atom. The Morgan fingerprint density at radius 3 is 2.54 bits per heavy atom. The van der Waals surface area contributed by atoms with Gasteiger partial charge in [0, 0.05) is 6.07 Å². The molecule has 1 aromatic carbocycles. The van der Waals surface area contributed by atoms with Gasteiger partial charge in [0.25, 0.3) is 11.4 Å². The second-order valence-electron chi connectivity index (χ2n) is 7.71. The molecule has 0 heterocycles. The van der Waals surface area contributed by atoms with Crippen molar-refractivity contribution in [2.24, 2.45) is 35.5 Å². The van der Waals surface area contributed by atoms with Crippen molar-refractivity contribution in [3.63, 3.8) is 0 Å². The van der Waals surface area contributed by atoms with Gasteiger partial charge < -0.3 is 4.74 Å². The molecule has 0 N–H and O–H groups in total. The summed E-state index contributed by atoms with van der Waals surface area (Å²) >= 11 is 0. The SMILES string of the molecule is O=[N+]([O-])c1ccc(CO[C@@H]2C[C@@H]3[C@@H]4CC[C@H]5[C@H]4[C@H]3[C@@H]52)c([N+](=O)[O-])c1. The molecule has 4 aliphatic carbocycles. The summed E-state index contributed by atoms with van der Waals surface area (Å²) in [6.07, 6.45) is 4.01. The summed E-state index contributed by atoms with van der Waals surface area (Å²) in [5.41, 5.74) is -0.0624. The summed E-state index contributed by atoms with van der Waals surface area (Å²) in [7, 11) is 0. The van der Waals surface area contributed by atoms with E-state index >= 15 is 0 Å². The standard InChI is InChI=1S/C17H18N2O5/c20-18(21)9-2-1-8(13(5-9)19(22)23)7-24-14-6-12-10-3-4-11-15(10)17(12)16(11)14/h1-2,5,10-12,14-17H,3-4,6-7H2/t10-,11-,12+,14+,15-,16-,17-/m0/s1. The van der Waals surface area contributed by atoms with E-state index in [9.17, 15) is 20.2 Å². The van der Waals surface area contributed by atoms with Gasteiger partial charge in [0.15, 0.2) is 0 Å². The summed E-state index contributed by atoms with van der Waals surface area (Å²) < 4.78 is 6.09. The molecule has 24 heavy (non-hydrogen) atoms. The average Bonchev–Trinajstić information content (AvgIpc) is 2.81. The van der Waals surface area contributed by atoms with Crippen LogP contribution < -0.4 is 0 Å². The zero-order valence-electron chi connectivity index (χ0n) is 13.0. The fourth-order valence-corrected chi connectivity index (χ4v) is 6.33. The lowest BCUT2D eigenvalue weighted by Gasteiger charge is -2.60. The fraction of sp³-hybridized carbons (Fsp3) is 0.647. The van der Waals surface area contributed by atoms with Crippen molar-refractivity contribution < 1.29 is 14.6 Å². The van der Waals surface area contributed by atoms with Crippen LogP contribution in [-0.4, -0.2) is 16.0 Å². The van der Waals surface area contributed by atoms with Crippen LogP contribution in [0.5, 0.6) is 0 Å². The van der Waals surface area contributed by atoms with Crippen molar-refractivity contribution >= 4 is 11.4 Å². The van der Waals surface area contributed by atoms with Crippen LogP contribution in [0.3, 0.4) is 0 Å². The van der Waals surface area contributed by atoms with Crippen molar-refractivity contribution in [1.82, 2.24) is 0 Å². The molecule has 1 aromatic rings. The molecule has 4 saturated carbocycles. The quantitative estimate of drug-likeness (QED) is 0.609. The lowest BCUT2D eigenvalue weighted by atomic mass is 9.45. The van der Waals surface area contributed by atoms with E-state index in [-0.39, 0.29) is 24.1 Å².